The van der Waals surface area contributed by atoms with Gasteiger partial charge in [0.05, 0.1) is 0 Å². The second-order valence-electron chi connectivity index (χ2n) is 4.15. The van der Waals surface area contributed by atoms with Crippen molar-refractivity contribution in [3.63, 3.8) is 0 Å². The van der Waals surface area contributed by atoms with Gasteiger partial charge in [-0.2, -0.15) is 0 Å². The number of rotatable bonds is 2. The molecule has 2 fully saturated rings. The molecule has 12 heavy (non-hydrogen) atoms. The number of fused-ring (bicyclic) bond motifs is 1. The lowest BCUT2D eigenvalue weighted by Gasteiger charge is -2.27. The van der Waals surface area contributed by atoms with Crippen LogP contribution in [-0.2, 0) is 4.79 Å². The Balaban J connectivity index is 1.93. The average Bonchev–Trinajstić information content (AvgIpc) is 2.73. The molecule has 1 aliphatic carbocycles. The summed E-state index contributed by atoms with van der Waals surface area (Å²) >= 11 is 0. The zero-order valence-electron chi connectivity index (χ0n) is 7.49. The van der Waals surface area contributed by atoms with Gasteiger partial charge < -0.3 is 10.6 Å². The number of carbonyl (C=O) groups is 1. The number of hydrogen-bond donors (Lipinski definition) is 1. The zero-order chi connectivity index (χ0) is 8.72. The van der Waals surface area contributed by atoms with Crippen LogP contribution in [-0.4, -0.2) is 29.9 Å². The number of likely N-dealkylation sites (tertiary alicyclic amines) is 1. The van der Waals surface area contributed by atoms with Crippen molar-refractivity contribution in [2.75, 3.05) is 13.1 Å². The summed E-state index contributed by atoms with van der Waals surface area (Å²) in [5, 5.41) is 0. The first-order valence-electron chi connectivity index (χ1n) is 4.73. The molecule has 0 spiro atoms. The van der Waals surface area contributed by atoms with Gasteiger partial charge in [0.25, 0.3) is 0 Å². The minimum absolute atomic E-state index is 0.115. The smallest absolute Gasteiger partial charge is 0.226 e. The molecule has 1 saturated carbocycles. The monoisotopic (exact) mass is 168 g/mol. The highest BCUT2D eigenvalue weighted by Gasteiger charge is 2.47. The molecule has 3 heteroatoms. The fraction of sp³-hybridized carbons (Fsp3) is 0.889. The lowest BCUT2D eigenvalue weighted by molar-refractivity contribution is -0.134. The van der Waals surface area contributed by atoms with Gasteiger partial charge in [0.1, 0.15) is 0 Å². The third-order valence-electron chi connectivity index (χ3n) is 2.83. The molecule has 1 amide bonds. The normalized spacial score (nSPS) is 36.2. The first-order chi connectivity index (χ1) is 5.68. The maximum Gasteiger partial charge on any atom is 0.226 e. The fourth-order valence-electron chi connectivity index (χ4n) is 2.06. The summed E-state index contributed by atoms with van der Waals surface area (Å²) in [5.41, 5.74) is 5.65. The Morgan fingerprint density at radius 1 is 1.75 bits per heavy atom. The molecule has 2 N–H and O–H groups in total. The van der Waals surface area contributed by atoms with Crippen LogP contribution in [0.1, 0.15) is 19.8 Å². The van der Waals surface area contributed by atoms with Crippen LogP contribution in [0.15, 0.2) is 0 Å². The van der Waals surface area contributed by atoms with Crippen LogP contribution < -0.4 is 5.73 Å². The summed E-state index contributed by atoms with van der Waals surface area (Å²) in [6, 6.07) is 0.115. The van der Waals surface area contributed by atoms with Crippen LogP contribution in [0.3, 0.4) is 0 Å². The van der Waals surface area contributed by atoms with E-state index in [9.17, 15) is 4.79 Å². The summed E-state index contributed by atoms with van der Waals surface area (Å²) in [6.45, 7) is 3.62. The minimum Gasteiger partial charge on any atom is -0.341 e. The summed E-state index contributed by atoms with van der Waals surface area (Å²) in [6.07, 6.45) is 2.33. The van der Waals surface area contributed by atoms with Crippen molar-refractivity contribution in [1.29, 1.82) is 0 Å². The number of amides is 1. The third kappa shape index (κ3) is 1.33. The van der Waals surface area contributed by atoms with Gasteiger partial charge in [-0.1, -0.05) is 0 Å². The van der Waals surface area contributed by atoms with Crippen LogP contribution in [0.5, 0.6) is 0 Å². The van der Waals surface area contributed by atoms with Gasteiger partial charge in [-0.05, 0) is 25.7 Å². The van der Waals surface area contributed by atoms with Gasteiger partial charge in [0, 0.05) is 25.0 Å². The van der Waals surface area contributed by atoms with Gasteiger partial charge in [-0.25, -0.2) is 0 Å². The number of nitrogens with two attached hydrogens (primary N) is 1. The molecule has 0 aromatic heterocycles. The Morgan fingerprint density at radius 3 is 3.17 bits per heavy atom. The third-order valence-corrected chi connectivity index (χ3v) is 2.83. The number of piperidine rings is 1. The van der Waals surface area contributed by atoms with Gasteiger partial charge in [-0.15, -0.1) is 0 Å². The van der Waals surface area contributed by atoms with E-state index in [2.05, 4.69) is 0 Å². The molecule has 1 saturated heterocycles. The molecule has 2 rings (SSSR count). The van der Waals surface area contributed by atoms with Crippen molar-refractivity contribution in [3.05, 3.63) is 0 Å². The van der Waals surface area contributed by atoms with Gasteiger partial charge in [0.2, 0.25) is 5.91 Å². The molecule has 0 bridgehead atoms. The van der Waals surface area contributed by atoms with Crippen molar-refractivity contribution < 1.29 is 4.79 Å². The Hall–Kier alpha value is -0.570. The lowest BCUT2D eigenvalue weighted by Crippen LogP contribution is -2.43. The molecule has 1 heterocycles. The van der Waals surface area contributed by atoms with Crippen molar-refractivity contribution in [3.8, 4) is 0 Å². The Morgan fingerprint density at radius 2 is 2.50 bits per heavy atom. The van der Waals surface area contributed by atoms with Crippen molar-refractivity contribution >= 4 is 5.91 Å². The van der Waals surface area contributed by atoms with Crippen LogP contribution in [0.25, 0.3) is 0 Å². The van der Waals surface area contributed by atoms with E-state index in [-0.39, 0.29) is 6.04 Å². The van der Waals surface area contributed by atoms with Crippen LogP contribution in [0.4, 0.5) is 0 Å². The van der Waals surface area contributed by atoms with E-state index >= 15 is 0 Å². The highest BCUT2D eigenvalue weighted by atomic mass is 16.2. The average molecular weight is 168 g/mol. The summed E-state index contributed by atoms with van der Waals surface area (Å²) in [7, 11) is 0. The van der Waals surface area contributed by atoms with E-state index in [0.29, 0.717) is 11.8 Å². The second-order valence-corrected chi connectivity index (χ2v) is 4.15. The molecule has 0 radical (unpaired) electrons. The quantitative estimate of drug-likeness (QED) is 0.640. The minimum atomic E-state index is 0.115. The summed E-state index contributed by atoms with van der Waals surface area (Å²) in [4.78, 5) is 13.5. The summed E-state index contributed by atoms with van der Waals surface area (Å²) in [5.74, 6) is 1.45. The molecule has 0 aromatic rings. The van der Waals surface area contributed by atoms with Crippen LogP contribution >= 0.6 is 0 Å². The van der Waals surface area contributed by atoms with Crippen molar-refractivity contribution in [1.82, 2.24) is 4.90 Å². The molecule has 0 aromatic carbocycles. The fourth-order valence-corrected chi connectivity index (χ4v) is 2.06. The SMILES string of the molecule is CC(N)CN1CCC2CC2C1=O. The molecule has 3 atom stereocenters. The maximum absolute atomic E-state index is 11.6. The van der Waals surface area contributed by atoms with Crippen LogP contribution in [0, 0.1) is 11.8 Å². The van der Waals surface area contributed by atoms with E-state index in [4.69, 9.17) is 5.73 Å². The maximum atomic E-state index is 11.6. The predicted molar refractivity (Wildman–Crippen MR) is 46.4 cm³/mol. The van der Waals surface area contributed by atoms with Crippen LogP contribution in [0.2, 0.25) is 0 Å². The van der Waals surface area contributed by atoms with E-state index in [1.54, 1.807) is 0 Å². The standard InChI is InChI=1S/C9H16N2O/c1-6(10)5-11-3-2-7-4-8(7)9(11)12/h6-8H,2-5,10H2,1H3. The number of nitrogens with zero attached hydrogens (tertiary/aromatic N) is 1. The van der Waals surface area contributed by atoms with E-state index in [0.717, 1.165) is 25.4 Å². The van der Waals surface area contributed by atoms with Crippen molar-refractivity contribution in [2.24, 2.45) is 17.6 Å². The lowest BCUT2D eigenvalue weighted by atomic mass is 10.1. The Kier molecular flexibility index (Phi) is 1.83. The van der Waals surface area contributed by atoms with E-state index < -0.39 is 0 Å². The molecular formula is C9H16N2O. The van der Waals surface area contributed by atoms with E-state index in [1.807, 2.05) is 11.8 Å². The van der Waals surface area contributed by atoms with Gasteiger partial charge in [-0.3, -0.25) is 4.79 Å². The van der Waals surface area contributed by atoms with Gasteiger partial charge >= 0.3 is 0 Å². The summed E-state index contributed by atoms with van der Waals surface area (Å²) < 4.78 is 0. The molecular weight excluding hydrogens is 152 g/mol. The highest BCUT2D eigenvalue weighted by molar-refractivity contribution is 5.82. The van der Waals surface area contributed by atoms with Crippen molar-refractivity contribution in [2.45, 2.75) is 25.8 Å². The van der Waals surface area contributed by atoms with Gasteiger partial charge in [0.15, 0.2) is 0 Å². The number of hydrogen-bond acceptors (Lipinski definition) is 2. The first kappa shape index (κ1) is 8.05. The zero-order valence-corrected chi connectivity index (χ0v) is 7.49. The predicted octanol–water partition coefficient (Wildman–Crippen LogP) is 0.202. The topological polar surface area (TPSA) is 46.3 Å². The first-order valence-corrected chi connectivity index (χ1v) is 4.73. The molecule has 2 aliphatic rings. The Labute approximate surface area is 72.9 Å². The second kappa shape index (κ2) is 2.73. The largest absolute Gasteiger partial charge is 0.341 e. The number of carbonyl (C=O) groups excluding carboxylic acids is 1. The molecule has 3 unspecified atom stereocenters. The Bertz CT molecular complexity index is 203. The van der Waals surface area contributed by atoms with E-state index in [1.165, 1.54) is 6.42 Å². The molecule has 1 aliphatic heterocycles. The molecule has 68 valence electrons. The highest BCUT2D eigenvalue weighted by Crippen LogP contribution is 2.45. The molecule has 3 nitrogen and oxygen atoms in total.